The second-order valence-electron chi connectivity index (χ2n) is 3.58. The Morgan fingerprint density at radius 1 is 1.36 bits per heavy atom. The molecule has 1 aromatic rings. The molecule has 72 valence electrons. The lowest BCUT2D eigenvalue weighted by Crippen LogP contribution is -2.01. The highest BCUT2D eigenvalue weighted by Gasteiger charge is 2.10. The monoisotopic (exact) mass is 249 g/mol. The first-order valence-corrected chi connectivity index (χ1v) is 5.49. The molecule has 0 radical (unpaired) electrons. The maximum absolute atomic E-state index is 4.63. The molecule has 1 heterocycles. The largest absolute Gasteiger partial charge is 0.256 e. The number of para-hydroxylation sites is 1. The lowest BCUT2D eigenvalue weighted by Gasteiger charge is -2.04. The topological polar surface area (TPSA) is 12.4 Å². The summed E-state index contributed by atoms with van der Waals surface area (Å²) in [6, 6.07) is 6.15. The van der Waals surface area contributed by atoms with E-state index in [0.29, 0.717) is 5.92 Å². The van der Waals surface area contributed by atoms with E-state index < -0.39 is 0 Å². The van der Waals surface area contributed by atoms with E-state index in [-0.39, 0.29) is 0 Å². The number of halogens is 1. The van der Waals surface area contributed by atoms with Gasteiger partial charge in [0.2, 0.25) is 0 Å². The third-order valence-electron chi connectivity index (χ3n) is 2.53. The van der Waals surface area contributed by atoms with Gasteiger partial charge in [-0.05, 0) is 28.9 Å². The van der Waals surface area contributed by atoms with Crippen LogP contribution in [0.15, 0.2) is 33.7 Å². The number of aliphatic imine (C=N–C) groups is 1. The average molecular weight is 250 g/mol. The molecule has 1 nitrogen and oxygen atoms in total. The number of hydrogen-bond donors (Lipinski definition) is 0. The molecule has 1 aromatic carbocycles. The molecular formula is C12H12BrN. The zero-order valence-electron chi connectivity index (χ0n) is 8.29. The van der Waals surface area contributed by atoms with Crippen molar-refractivity contribution in [2.75, 3.05) is 0 Å². The molecule has 1 aliphatic heterocycles. The van der Waals surface area contributed by atoms with Gasteiger partial charge < -0.3 is 0 Å². The Morgan fingerprint density at radius 3 is 2.93 bits per heavy atom. The van der Waals surface area contributed by atoms with Crippen LogP contribution in [0.25, 0.3) is 6.08 Å². The minimum atomic E-state index is 0.425. The second kappa shape index (κ2) is 3.70. The molecule has 0 saturated carbocycles. The van der Waals surface area contributed by atoms with Gasteiger partial charge in [0.25, 0.3) is 0 Å². The SMILES string of the molecule is CC1=Nc2c(Br)cccc2C=CC1C. The van der Waals surface area contributed by atoms with E-state index in [1.165, 1.54) is 5.56 Å². The summed E-state index contributed by atoms with van der Waals surface area (Å²) < 4.78 is 1.06. The van der Waals surface area contributed by atoms with Gasteiger partial charge in [0.05, 0.1) is 5.69 Å². The standard InChI is InChI=1S/C12H12BrN/c1-8-6-7-10-4-3-5-11(13)12(10)14-9(8)2/h3-8H,1-2H3. The van der Waals surface area contributed by atoms with Crippen LogP contribution in [0, 0.1) is 5.92 Å². The predicted octanol–water partition coefficient (Wildman–Crippen LogP) is 4.20. The van der Waals surface area contributed by atoms with Gasteiger partial charge in [-0.15, -0.1) is 0 Å². The molecule has 0 amide bonds. The molecule has 2 heteroatoms. The van der Waals surface area contributed by atoms with Crippen molar-refractivity contribution in [1.29, 1.82) is 0 Å². The molecule has 0 spiro atoms. The summed E-state index contributed by atoms with van der Waals surface area (Å²) in [5.41, 5.74) is 3.39. The number of fused-ring (bicyclic) bond motifs is 1. The fraction of sp³-hybridized carbons (Fsp3) is 0.250. The second-order valence-corrected chi connectivity index (χ2v) is 4.43. The molecule has 1 unspecified atom stereocenters. The van der Waals surface area contributed by atoms with Gasteiger partial charge in [-0.3, -0.25) is 4.99 Å². The minimum Gasteiger partial charge on any atom is -0.256 e. The van der Waals surface area contributed by atoms with Crippen molar-refractivity contribution in [3.63, 3.8) is 0 Å². The molecule has 1 aliphatic rings. The number of nitrogens with zero attached hydrogens (tertiary/aromatic N) is 1. The Bertz CT molecular complexity index is 418. The van der Waals surface area contributed by atoms with Crippen molar-refractivity contribution >= 4 is 33.4 Å². The molecule has 0 fully saturated rings. The van der Waals surface area contributed by atoms with E-state index in [4.69, 9.17) is 0 Å². The van der Waals surface area contributed by atoms with Gasteiger partial charge in [0.1, 0.15) is 0 Å². The molecule has 0 bridgehead atoms. The third kappa shape index (κ3) is 1.67. The summed E-state index contributed by atoms with van der Waals surface area (Å²) in [4.78, 5) is 4.63. The quantitative estimate of drug-likeness (QED) is 0.654. The van der Waals surface area contributed by atoms with Gasteiger partial charge in [-0.1, -0.05) is 31.2 Å². The number of benzene rings is 1. The van der Waals surface area contributed by atoms with Crippen LogP contribution >= 0.6 is 15.9 Å². The summed E-state index contributed by atoms with van der Waals surface area (Å²) in [5, 5.41) is 0. The van der Waals surface area contributed by atoms with E-state index in [0.717, 1.165) is 15.9 Å². The average Bonchev–Trinajstić information content (AvgIpc) is 2.30. The summed E-state index contributed by atoms with van der Waals surface area (Å²) in [6.07, 6.45) is 4.34. The predicted molar refractivity (Wildman–Crippen MR) is 65.1 cm³/mol. The van der Waals surface area contributed by atoms with E-state index in [1.807, 2.05) is 12.1 Å². The van der Waals surface area contributed by atoms with Crippen molar-refractivity contribution in [2.45, 2.75) is 13.8 Å². The van der Waals surface area contributed by atoms with Crippen LogP contribution in [-0.2, 0) is 0 Å². The van der Waals surface area contributed by atoms with Gasteiger partial charge in [-0.2, -0.15) is 0 Å². The normalized spacial score (nSPS) is 19.9. The number of rotatable bonds is 0. The highest BCUT2D eigenvalue weighted by molar-refractivity contribution is 9.10. The number of hydrogen-bond acceptors (Lipinski definition) is 1. The van der Waals surface area contributed by atoms with Crippen LogP contribution in [0.2, 0.25) is 0 Å². The minimum absolute atomic E-state index is 0.425. The van der Waals surface area contributed by atoms with Gasteiger partial charge in [0.15, 0.2) is 0 Å². The van der Waals surface area contributed by atoms with Gasteiger partial charge in [-0.25, -0.2) is 0 Å². The fourth-order valence-electron chi connectivity index (χ4n) is 1.45. The first-order valence-electron chi connectivity index (χ1n) is 4.70. The zero-order valence-corrected chi connectivity index (χ0v) is 9.88. The van der Waals surface area contributed by atoms with Gasteiger partial charge in [0, 0.05) is 21.7 Å². The molecule has 1 atom stereocenters. The van der Waals surface area contributed by atoms with Crippen LogP contribution in [0.1, 0.15) is 19.4 Å². The first kappa shape index (κ1) is 9.66. The highest BCUT2D eigenvalue weighted by atomic mass is 79.9. The number of allylic oxidation sites excluding steroid dienone is 1. The summed E-state index contributed by atoms with van der Waals surface area (Å²) in [7, 11) is 0. The lowest BCUT2D eigenvalue weighted by atomic mass is 10.1. The first-order chi connectivity index (χ1) is 6.68. The molecule has 2 rings (SSSR count). The van der Waals surface area contributed by atoms with Crippen molar-refractivity contribution < 1.29 is 0 Å². The van der Waals surface area contributed by atoms with E-state index in [9.17, 15) is 0 Å². The Kier molecular flexibility index (Phi) is 2.55. The van der Waals surface area contributed by atoms with Crippen LogP contribution in [-0.4, -0.2) is 5.71 Å². The smallest absolute Gasteiger partial charge is 0.0843 e. The van der Waals surface area contributed by atoms with E-state index in [1.54, 1.807) is 0 Å². The summed E-state index contributed by atoms with van der Waals surface area (Å²) in [6.45, 7) is 4.23. The van der Waals surface area contributed by atoms with Crippen molar-refractivity contribution in [1.82, 2.24) is 0 Å². The maximum Gasteiger partial charge on any atom is 0.0843 e. The van der Waals surface area contributed by atoms with Crippen molar-refractivity contribution in [3.05, 3.63) is 34.3 Å². The lowest BCUT2D eigenvalue weighted by molar-refractivity contribution is 0.998. The molecule has 0 N–H and O–H groups in total. The van der Waals surface area contributed by atoms with E-state index >= 15 is 0 Å². The maximum atomic E-state index is 4.63. The Labute approximate surface area is 92.7 Å². The third-order valence-corrected chi connectivity index (χ3v) is 3.17. The van der Waals surface area contributed by atoms with Crippen LogP contribution in [0.3, 0.4) is 0 Å². The summed E-state index contributed by atoms with van der Waals surface area (Å²) in [5.74, 6) is 0.425. The van der Waals surface area contributed by atoms with Crippen molar-refractivity contribution in [2.24, 2.45) is 10.9 Å². The molecular weight excluding hydrogens is 238 g/mol. The van der Waals surface area contributed by atoms with Crippen LogP contribution in [0.4, 0.5) is 5.69 Å². The Balaban J connectivity index is 2.64. The van der Waals surface area contributed by atoms with Gasteiger partial charge >= 0.3 is 0 Å². The van der Waals surface area contributed by atoms with Crippen LogP contribution in [0.5, 0.6) is 0 Å². The summed E-state index contributed by atoms with van der Waals surface area (Å²) >= 11 is 3.52. The van der Waals surface area contributed by atoms with Crippen LogP contribution < -0.4 is 0 Å². The fourth-order valence-corrected chi connectivity index (χ4v) is 1.92. The Morgan fingerprint density at radius 2 is 2.14 bits per heavy atom. The van der Waals surface area contributed by atoms with E-state index in [2.05, 4.69) is 53.0 Å². The molecule has 0 aromatic heterocycles. The molecule has 14 heavy (non-hydrogen) atoms. The highest BCUT2D eigenvalue weighted by Crippen LogP contribution is 2.33. The molecule has 0 aliphatic carbocycles. The molecule has 0 saturated heterocycles. The zero-order chi connectivity index (χ0) is 10.1. The Hall–Kier alpha value is -0.890. The van der Waals surface area contributed by atoms with Crippen molar-refractivity contribution in [3.8, 4) is 0 Å².